The van der Waals surface area contributed by atoms with Gasteiger partial charge in [0.2, 0.25) is 0 Å². The van der Waals surface area contributed by atoms with E-state index < -0.39 is 8.32 Å². The Morgan fingerprint density at radius 2 is 1.39 bits per heavy atom. The molecule has 0 aliphatic heterocycles. The molecule has 1 nitrogen and oxygen atoms in total. The first-order chi connectivity index (χ1) is 8.39. The molecule has 0 unspecified atom stereocenters. The van der Waals surface area contributed by atoms with Crippen LogP contribution in [0.5, 0.6) is 0 Å². The highest BCUT2D eigenvalue weighted by molar-refractivity contribution is 6.77. The van der Waals surface area contributed by atoms with Gasteiger partial charge in [0.15, 0.2) is 0 Å². The molecule has 0 aromatic rings. The fourth-order valence-electron chi connectivity index (χ4n) is 2.99. The molecule has 0 aliphatic rings. The fraction of sp³-hybridized carbons (Fsp3) is 0.875. The van der Waals surface area contributed by atoms with Crippen LogP contribution in [-0.2, 0) is 4.43 Å². The van der Waals surface area contributed by atoms with Crippen molar-refractivity contribution < 1.29 is 4.43 Å². The molecular formula is C16H32OSi. The van der Waals surface area contributed by atoms with Gasteiger partial charge in [-0.2, -0.15) is 0 Å². The maximum atomic E-state index is 6.17. The molecule has 0 N–H and O–H groups in total. The van der Waals surface area contributed by atoms with Crippen LogP contribution in [0.2, 0.25) is 16.6 Å². The van der Waals surface area contributed by atoms with E-state index in [1.807, 2.05) is 0 Å². The molecule has 0 aromatic carbocycles. The van der Waals surface area contributed by atoms with Gasteiger partial charge in [-0.05, 0) is 23.0 Å². The zero-order chi connectivity index (χ0) is 14.2. The first-order valence-corrected chi connectivity index (χ1v) is 9.69. The molecule has 0 spiro atoms. The number of hydrogen-bond donors (Lipinski definition) is 0. The third-order valence-corrected chi connectivity index (χ3v) is 9.78. The fourth-order valence-corrected chi connectivity index (χ4v) is 7.95. The van der Waals surface area contributed by atoms with E-state index in [2.05, 4.69) is 60.5 Å². The minimum atomic E-state index is -1.77. The second-order valence-electron chi connectivity index (χ2n) is 6.16. The van der Waals surface area contributed by atoms with Crippen molar-refractivity contribution in [3.05, 3.63) is 0 Å². The Labute approximate surface area is 116 Å². The number of rotatable bonds is 7. The molecule has 0 radical (unpaired) electrons. The van der Waals surface area contributed by atoms with Crippen molar-refractivity contribution >= 4 is 8.32 Å². The van der Waals surface area contributed by atoms with Crippen molar-refractivity contribution in [1.82, 2.24) is 0 Å². The Morgan fingerprint density at radius 3 is 1.78 bits per heavy atom. The van der Waals surface area contributed by atoms with E-state index in [0.29, 0.717) is 16.6 Å². The molecule has 0 saturated carbocycles. The first-order valence-electron chi connectivity index (χ1n) is 7.55. The largest absolute Gasteiger partial charge is 0.500 e. The van der Waals surface area contributed by atoms with Gasteiger partial charge >= 0.3 is 0 Å². The van der Waals surface area contributed by atoms with Crippen LogP contribution < -0.4 is 0 Å². The minimum absolute atomic E-state index is 0.613. The molecule has 106 valence electrons. The summed E-state index contributed by atoms with van der Waals surface area (Å²) in [6, 6.07) is 0. The van der Waals surface area contributed by atoms with E-state index in [-0.39, 0.29) is 0 Å². The Hall–Kier alpha value is -0.423. The third-order valence-electron chi connectivity index (χ3n) is 3.91. The van der Waals surface area contributed by atoms with E-state index in [4.69, 9.17) is 4.43 Å². The Morgan fingerprint density at radius 1 is 0.889 bits per heavy atom. The summed E-state index contributed by atoms with van der Waals surface area (Å²) >= 11 is 0. The summed E-state index contributed by atoms with van der Waals surface area (Å²) < 4.78 is 6.17. The van der Waals surface area contributed by atoms with E-state index in [1.165, 1.54) is 19.3 Å². The average Bonchev–Trinajstić information content (AvgIpc) is 2.26. The standard InChI is InChI=1S/C16H32OSi/c1-8-9-10-11-12-13-17-18(14(2)3,15(4)5)16(6)7/h14-16H,8-11H2,1-7H3. The van der Waals surface area contributed by atoms with Crippen LogP contribution in [0.1, 0.15) is 74.1 Å². The summed E-state index contributed by atoms with van der Waals surface area (Å²) in [5.74, 6) is 3.20. The van der Waals surface area contributed by atoms with E-state index >= 15 is 0 Å². The lowest BCUT2D eigenvalue weighted by molar-refractivity contribution is 0.446. The second kappa shape index (κ2) is 8.64. The lowest BCUT2D eigenvalue weighted by Crippen LogP contribution is -2.46. The highest BCUT2D eigenvalue weighted by atomic mass is 28.4. The second-order valence-corrected chi connectivity index (χ2v) is 11.5. The highest BCUT2D eigenvalue weighted by Gasteiger charge is 2.46. The maximum Gasteiger partial charge on any atom is 0.272 e. The summed E-state index contributed by atoms with van der Waals surface area (Å²) in [5.41, 5.74) is 1.84. The van der Waals surface area contributed by atoms with Crippen LogP contribution in [0.3, 0.4) is 0 Å². The van der Waals surface area contributed by atoms with Crippen molar-refractivity contribution in [2.24, 2.45) is 0 Å². The lowest BCUT2D eigenvalue weighted by Gasteiger charge is -2.39. The zero-order valence-corrected chi connectivity index (χ0v) is 14.5. The normalized spacial score (nSPS) is 11.9. The van der Waals surface area contributed by atoms with Crippen LogP contribution >= 0.6 is 0 Å². The predicted octanol–water partition coefficient (Wildman–Crippen LogP) is 5.72. The smallest absolute Gasteiger partial charge is 0.272 e. The number of hydrogen-bond acceptors (Lipinski definition) is 1. The Bertz CT molecular complexity index is 249. The van der Waals surface area contributed by atoms with E-state index in [1.54, 1.807) is 0 Å². The topological polar surface area (TPSA) is 9.23 Å². The molecule has 0 amide bonds. The molecular weight excluding hydrogens is 236 g/mol. The van der Waals surface area contributed by atoms with Gasteiger partial charge < -0.3 is 4.43 Å². The van der Waals surface area contributed by atoms with Gasteiger partial charge in [-0.25, -0.2) is 0 Å². The van der Waals surface area contributed by atoms with Gasteiger partial charge in [0, 0.05) is 6.42 Å². The highest BCUT2D eigenvalue weighted by Crippen LogP contribution is 2.41. The summed E-state index contributed by atoms with van der Waals surface area (Å²) in [5, 5.41) is 0. The maximum absolute atomic E-state index is 6.17. The Kier molecular flexibility index (Phi) is 8.44. The first kappa shape index (κ1) is 17.6. The lowest BCUT2D eigenvalue weighted by atomic mass is 10.2. The molecule has 0 fully saturated rings. The SMILES string of the molecule is CCCCCC#CO[Si](C(C)C)(C(C)C)C(C)C. The monoisotopic (exact) mass is 268 g/mol. The Balaban J connectivity index is 4.60. The van der Waals surface area contributed by atoms with Crippen molar-refractivity contribution in [2.45, 2.75) is 90.8 Å². The summed E-state index contributed by atoms with van der Waals surface area (Å²) in [4.78, 5) is 0. The van der Waals surface area contributed by atoms with Gasteiger partial charge in [0.1, 0.15) is 0 Å². The predicted molar refractivity (Wildman–Crippen MR) is 84.1 cm³/mol. The van der Waals surface area contributed by atoms with Crippen LogP contribution in [0.15, 0.2) is 0 Å². The van der Waals surface area contributed by atoms with E-state index in [9.17, 15) is 0 Å². The third kappa shape index (κ3) is 4.69. The van der Waals surface area contributed by atoms with Crippen molar-refractivity contribution in [3.63, 3.8) is 0 Å². The van der Waals surface area contributed by atoms with Gasteiger partial charge in [0.25, 0.3) is 8.32 Å². The summed E-state index contributed by atoms with van der Waals surface area (Å²) in [6.07, 6.45) is 7.75. The molecule has 0 heterocycles. The average molecular weight is 269 g/mol. The molecule has 0 rings (SSSR count). The van der Waals surface area contributed by atoms with Crippen molar-refractivity contribution in [1.29, 1.82) is 0 Å². The van der Waals surface area contributed by atoms with Gasteiger partial charge in [-0.3, -0.25) is 0 Å². The number of unbranched alkanes of at least 4 members (excludes halogenated alkanes) is 3. The van der Waals surface area contributed by atoms with Gasteiger partial charge in [-0.1, -0.05) is 67.2 Å². The minimum Gasteiger partial charge on any atom is -0.500 e. The van der Waals surface area contributed by atoms with E-state index in [0.717, 1.165) is 6.42 Å². The van der Waals surface area contributed by atoms with Crippen LogP contribution in [0.4, 0.5) is 0 Å². The van der Waals surface area contributed by atoms with Gasteiger partial charge in [-0.15, -0.1) is 0 Å². The zero-order valence-electron chi connectivity index (χ0n) is 13.5. The molecule has 0 saturated heterocycles. The molecule has 2 heteroatoms. The molecule has 0 aliphatic carbocycles. The molecule has 0 atom stereocenters. The van der Waals surface area contributed by atoms with Crippen molar-refractivity contribution in [2.75, 3.05) is 0 Å². The van der Waals surface area contributed by atoms with Crippen LogP contribution in [0.25, 0.3) is 0 Å². The molecule has 0 bridgehead atoms. The quantitative estimate of drug-likeness (QED) is 0.326. The molecule has 0 aromatic heterocycles. The molecule has 18 heavy (non-hydrogen) atoms. The summed E-state index contributed by atoms with van der Waals surface area (Å²) in [6.45, 7) is 16.0. The van der Waals surface area contributed by atoms with Gasteiger partial charge in [0.05, 0.1) is 6.11 Å². The van der Waals surface area contributed by atoms with Crippen LogP contribution in [-0.4, -0.2) is 8.32 Å². The van der Waals surface area contributed by atoms with Crippen molar-refractivity contribution in [3.8, 4) is 12.0 Å². The van der Waals surface area contributed by atoms with Crippen LogP contribution in [0, 0.1) is 12.0 Å². The summed E-state index contributed by atoms with van der Waals surface area (Å²) in [7, 11) is -1.77.